The maximum atomic E-state index is 13.7. The van der Waals surface area contributed by atoms with E-state index in [1.165, 1.54) is 6.07 Å². The molecule has 1 aromatic carbocycles. The molecule has 1 aliphatic rings. The van der Waals surface area contributed by atoms with Crippen molar-refractivity contribution in [2.45, 2.75) is 25.4 Å². The molecule has 0 saturated carbocycles. The number of benzene rings is 1. The molecular weight excluding hydrogens is 263 g/mol. The van der Waals surface area contributed by atoms with E-state index < -0.39 is 6.04 Å². The summed E-state index contributed by atoms with van der Waals surface area (Å²) in [6.07, 6.45) is 3.36. The fourth-order valence-electron chi connectivity index (χ4n) is 2.33. The summed E-state index contributed by atoms with van der Waals surface area (Å²) < 4.78 is 13.7. The first-order valence-electron chi connectivity index (χ1n) is 6.43. The lowest BCUT2D eigenvalue weighted by Gasteiger charge is -2.31. The van der Waals surface area contributed by atoms with Crippen LogP contribution in [0, 0.1) is 5.82 Å². The molecule has 2 N–H and O–H groups in total. The summed E-state index contributed by atoms with van der Waals surface area (Å²) in [5, 5.41) is 0. The maximum absolute atomic E-state index is 13.7. The Hall–Kier alpha value is -1.07. The zero-order valence-electron chi connectivity index (χ0n) is 11.1. The average Bonchev–Trinajstić information content (AvgIpc) is 2.44. The molecule has 1 aromatic rings. The molecule has 1 heterocycles. The average molecular weight is 282 g/mol. The smallest absolute Gasteiger partial charge is 0.239 e. The third-order valence-electron chi connectivity index (χ3n) is 3.48. The molecule has 1 aliphatic heterocycles. The standard InChI is InChI=1S/C14H19FN2OS/c1-19-8-6-13(16)14(18)17-7-5-10-3-2-4-12(15)11(10)9-17/h2-4,13H,5-9,16H2,1H3/t13-/m0/s1. The summed E-state index contributed by atoms with van der Waals surface area (Å²) in [6.45, 7) is 0.968. The summed E-state index contributed by atoms with van der Waals surface area (Å²) in [7, 11) is 0. The van der Waals surface area contributed by atoms with Crippen LogP contribution in [0.15, 0.2) is 18.2 Å². The Morgan fingerprint density at radius 3 is 3.11 bits per heavy atom. The maximum Gasteiger partial charge on any atom is 0.239 e. The van der Waals surface area contributed by atoms with Crippen LogP contribution in [0.3, 0.4) is 0 Å². The molecule has 0 radical (unpaired) electrons. The summed E-state index contributed by atoms with van der Waals surface area (Å²) in [4.78, 5) is 13.9. The second-order valence-electron chi connectivity index (χ2n) is 4.78. The van der Waals surface area contributed by atoms with Crippen LogP contribution < -0.4 is 5.73 Å². The number of fused-ring (bicyclic) bond motifs is 1. The van der Waals surface area contributed by atoms with Gasteiger partial charge in [0.1, 0.15) is 5.82 Å². The minimum Gasteiger partial charge on any atom is -0.337 e. The number of carbonyl (C=O) groups is 1. The second-order valence-corrected chi connectivity index (χ2v) is 5.76. The highest BCUT2D eigenvalue weighted by atomic mass is 32.2. The Morgan fingerprint density at radius 1 is 1.58 bits per heavy atom. The molecule has 0 aromatic heterocycles. The number of nitrogens with zero attached hydrogens (tertiary/aromatic N) is 1. The van der Waals surface area contributed by atoms with E-state index in [9.17, 15) is 9.18 Å². The summed E-state index contributed by atoms with van der Waals surface area (Å²) in [5.74, 6) is 0.571. The van der Waals surface area contributed by atoms with E-state index in [2.05, 4.69) is 0 Å². The van der Waals surface area contributed by atoms with Crippen LogP contribution in [-0.2, 0) is 17.8 Å². The number of halogens is 1. The third-order valence-corrected chi connectivity index (χ3v) is 4.12. The molecule has 0 spiro atoms. The van der Waals surface area contributed by atoms with Crippen molar-refractivity contribution in [3.05, 3.63) is 35.1 Å². The van der Waals surface area contributed by atoms with E-state index in [0.29, 0.717) is 31.5 Å². The first-order valence-corrected chi connectivity index (χ1v) is 7.82. The third kappa shape index (κ3) is 3.28. The minimum absolute atomic E-state index is 0.0667. The van der Waals surface area contributed by atoms with Crippen molar-refractivity contribution < 1.29 is 9.18 Å². The molecule has 0 fully saturated rings. The fraction of sp³-hybridized carbons (Fsp3) is 0.500. The summed E-state index contributed by atoms with van der Waals surface area (Å²) in [6, 6.07) is 4.62. The molecule has 19 heavy (non-hydrogen) atoms. The molecule has 1 amide bonds. The van der Waals surface area contributed by atoms with Gasteiger partial charge in [-0.25, -0.2) is 4.39 Å². The van der Waals surface area contributed by atoms with E-state index in [-0.39, 0.29) is 11.7 Å². The predicted molar refractivity (Wildman–Crippen MR) is 76.5 cm³/mol. The van der Waals surface area contributed by atoms with Crippen molar-refractivity contribution in [1.82, 2.24) is 4.90 Å². The molecule has 5 heteroatoms. The van der Waals surface area contributed by atoms with Gasteiger partial charge < -0.3 is 10.6 Å². The first kappa shape index (κ1) is 14.3. The number of hydrogen-bond donors (Lipinski definition) is 1. The predicted octanol–water partition coefficient (Wildman–Crippen LogP) is 1.79. The van der Waals surface area contributed by atoms with Crippen molar-refractivity contribution in [3.8, 4) is 0 Å². The second kappa shape index (κ2) is 6.39. The summed E-state index contributed by atoms with van der Waals surface area (Å²) in [5.41, 5.74) is 7.53. The van der Waals surface area contributed by atoms with E-state index in [1.807, 2.05) is 12.3 Å². The van der Waals surface area contributed by atoms with Gasteiger partial charge in [0.15, 0.2) is 0 Å². The molecule has 1 atom stereocenters. The van der Waals surface area contributed by atoms with E-state index >= 15 is 0 Å². The van der Waals surface area contributed by atoms with Gasteiger partial charge in [-0.15, -0.1) is 0 Å². The number of carbonyl (C=O) groups excluding carboxylic acids is 1. The lowest BCUT2D eigenvalue weighted by molar-refractivity contribution is -0.133. The molecular formula is C14H19FN2OS. The number of amides is 1. The van der Waals surface area contributed by atoms with Crippen LogP contribution in [0.25, 0.3) is 0 Å². The van der Waals surface area contributed by atoms with Crippen molar-refractivity contribution in [2.24, 2.45) is 5.73 Å². The number of hydrogen-bond acceptors (Lipinski definition) is 3. The van der Waals surface area contributed by atoms with Gasteiger partial charge in [-0.3, -0.25) is 4.79 Å². The highest BCUT2D eigenvalue weighted by molar-refractivity contribution is 7.98. The molecule has 2 rings (SSSR count). The fourth-order valence-corrected chi connectivity index (χ4v) is 2.82. The Bertz CT molecular complexity index is 467. The first-order chi connectivity index (χ1) is 9.13. The quantitative estimate of drug-likeness (QED) is 0.916. The zero-order valence-corrected chi connectivity index (χ0v) is 11.9. The molecule has 104 valence electrons. The normalized spacial score (nSPS) is 16.1. The monoisotopic (exact) mass is 282 g/mol. The SMILES string of the molecule is CSCC[C@H](N)C(=O)N1CCc2cccc(F)c2C1. The van der Waals surface area contributed by atoms with Crippen LogP contribution in [0.5, 0.6) is 0 Å². The van der Waals surface area contributed by atoms with Gasteiger partial charge in [-0.2, -0.15) is 11.8 Å². The Kier molecular flexibility index (Phi) is 4.82. The van der Waals surface area contributed by atoms with Crippen LogP contribution in [0.2, 0.25) is 0 Å². The largest absolute Gasteiger partial charge is 0.337 e. The number of rotatable bonds is 4. The molecule has 0 aliphatic carbocycles. The minimum atomic E-state index is -0.472. The van der Waals surface area contributed by atoms with Gasteiger partial charge in [0, 0.05) is 18.7 Å². The van der Waals surface area contributed by atoms with Gasteiger partial charge in [-0.1, -0.05) is 12.1 Å². The number of thioether (sulfide) groups is 1. The molecule has 3 nitrogen and oxygen atoms in total. The van der Waals surface area contributed by atoms with Gasteiger partial charge >= 0.3 is 0 Å². The van der Waals surface area contributed by atoms with E-state index in [0.717, 1.165) is 11.3 Å². The van der Waals surface area contributed by atoms with E-state index in [4.69, 9.17) is 5.73 Å². The molecule has 0 bridgehead atoms. The van der Waals surface area contributed by atoms with Crippen LogP contribution >= 0.6 is 11.8 Å². The van der Waals surface area contributed by atoms with E-state index in [1.54, 1.807) is 22.7 Å². The topological polar surface area (TPSA) is 46.3 Å². The molecule has 0 saturated heterocycles. The Balaban J connectivity index is 2.05. The Labute approximate surface area is 117 Å². The van der Waals surface area contributed by atoms with Gasteiger partial charge in [0.2, 0.25) is 5.91 Å². The summed E-state index contributed by atoms with van der Waals surface area (Å²) >= 11 is 1.67. The van der Waals surface area contributed by atoms with Gasteiger partial charge in [0.05, 0.1) is 6.04 Å². The van der Waals surface area contributed by atoms with Gasteiger partial charge in [-0.05, 0) is 36.5 Å². The number of nitrogens with two attached hydrogens (primary N) is 1. The lowest BCUT2D eigenvalue weighted by Crippen LogP contribution is -2.46. The molecule has 0 unspecified atom stereocenters. The highest BCUT2D eigenvalue weighted by Crippen LogP contribution is 2.22. The zero-order chi connectivity index (χ0) is 13.8. The Morgan fingerprint density at radius 2 is 2.37 bits per heavy atom. The lowest BCUT2D eigenvalue weighted by atomic mass is 9.98. The van der Waals surface area contributed by atoms with Crippen LogP contribution in [0.1, 0.15) is 17.5 Å². The van der Waals surface area contributed by atoms with Crippen molar-refractivity contribution >= 4 is 17.7 Å². The van der Waals surface area contributed by atoms with Crippen LogP contribution in [0.4, 0.5) is 4.39 Å². The van der Waals surface area contributed by atoms with Gasteiger partial charge in [0.25, 0.3) is 0 Å². The van der Waals surface area contributed by atoms with Crippen molar-refractivity contribution in [3.63, 3.8) is 0 Å². The van der Waals surface area contributed by atoms with Crippen molar-refractivity contribution in [2.75, 3.05) is 18.6 Å². The van der Waals surface area contributed by atoms with Crippen LogP contribution in [-0.4, -0.2) is 35.4 Å². The highest BCUT2D eigenvalue weighted by Gasteiger charge is 2.26. The van der Waals surface area contributed by atoms with Crippen molar-refractivity contribution in [1.29, 1.82) is 0 Å².